The number of rotatable bonds is 2. The smallest absolute Gasteiger partial charge is 0.0993 e. The third kappa shape index (κ3) is 2.84. The molecule has 2 atom stereocenters. The minimum absolute atomic E-state index is 0.0478. The van der Waals surface area contributed by atoms with Gasteiger partial charge in [-0.1, -0.05) is 30.3 Å². The number of nitrogens with zero attached hydrogens (tertiary/aromatic N) is 3. The molecule has 0 aromatic heterocycles. The molecule has 1 saturated heterocycles. The monoisotopic (exact) mass is 225 g/mol. The van der Waals surface area contributed by atoms with Gasteiger partial charge >= 0.3 is 0 Å². The van der Waals surface area contributed by atoms with Gasteiger partial charge in [-0.05, 0) is 18.4 Å². The second-order valence-corrected chi connectivity index (χ2v) is 4.45. The largest absolute Gasteiger partial charge is 0.284 e. The van der Waals surface area contributed by atoms with Crippen LogP contribution >= 0.6 is 0 Å². The third-order valence-corrected chi connectivity index (χ3v) is 3.27. The number of hydrogen-bond acceptors (Lipinski definition) is 3. The van der Waals surface area contributed by atoms with E-state index in [1.54, 1.807) is 0 Å². The zero-order valence-electron chi connectivity index (χ0n) is 9.71. The Morgan fingerprint density at radius 1 is 1.18 bits per heavy atom. The van der Waals surface area contributed by atoms with Gasteiger partial charge in [0.05, 0.1) is 24.1 Å². The van der Waals surface area contributed by atoms with Gasteiger partial charge in [0.1, 0.15) is 0 Å². The van der Waals surface area contributed by atoms with Crippen molar-refractivity contribution in [2.24, 2.45) is 5.92 Å². The molecule has 0 radical (unpaired) electrons. The standard InChI is InChI=1S/C14H15N3/c15-9-13-6-7-17(14(8-13)10-16)11-12-4-2-1-3-5-12/h1-5,13-14H,6-8,11H2/t13-,14+/m0/s1. The summed E-state index contributed by atoms with van der Waals surface area (Å²) in [7, 11) is 0. The Bertz CT molecular complexity index is 441. The molecular weight excluding hydrogens is 210 g/mol. The fraction of sp³-hybridized carbons (Fsp3) is 0.429. The SMILES string of the molecule is N#C[C@H]1CCN(Cc2ccccc2)[C@@H](C#N)C1. The van der Waals surface area contributed by atoms with E-state index >= 15 is 0 Å². The molecule has 1 aromatic carbocycles. The fourth-order valence-corrected chi connectivity index (χ4v) is 2.27. The molecular formula is C14H15N3. The summed E-state index contributed by atoms with van der Waals surface area (Å²) in [5, 5.41) is 18.1. The van der Waals surface area contributed by atoms with Crippen molar-refractivity contribution in [2.75, 3.05) is 6.54 Å². The van der Waals surface area contributed by atoms with Crippen LogP contribution in [0.5, 0.6) is 0 Å². The average molecular weight is 225 g/mol. The normalized spacial score (nSPS) is 24.8. The molecule has 1 aromatic rings. The van der Waals surface area contributed by atoms with Crippen LogP contribution in [-0.2, 0) is 6.54 Å². The molecule has 3 nitrogen and oxygen atoms in total. The highest BCUT2D eigenvalue weighted by Crippen LogP contribution is 2.23. The van der Waals surface area contributed by atoms with E-state index in [4.69, 9.17) is 10.5 Å². The molecule has 1 heterocycles. The first kappa shape index (κ1) is 11.6. The van der Waals surface area contributed by atoms with Crippen LogP contribution in [0.3, 0.4) is 0 Å². The zero-order chi connectivity index (χ0) is 12.1. The van der Waals surface area contributed by atoms with Crippen LogP contribution in [0.25, 0.3) is 0 Å². The second kappa shape index (κ2) is 5.48. The first-order valence-corrected chi connectivity index (χ1v) is 5.90. The van der Waals surface area contributed by atoms with E-state index in [0.717, 1.165) is 19.5 Å². The molecule has 3 heteroatoms. The molecule has 0 saturated carbocycles. The summed E-state index contributed by atoms with van der Waals surface area (Å²) in [4.78, 5) is 2.17. The summed E-state index contributed by atoms with van der Waals surface area (Å²) in [6.45, 7) is 1.64. The Labute approximate surface area is 102 Å². The van der Waals surface area contributed by atoms with Crippen molar-refractivity contribution in [3.05, 3.63) is 35.9 Å². The molecule has 0 spiro atoms. The lowest BCUT2D eigenvalue weighted by Gasteiger charge is -2.33. The molecule has 86 valence electrons. The Balaban J connectivity index is 2.02. The molecule has 0 unspecified atom stereocenters. The predicted octanol–water partition coefficient (Wildman–Crippen LogP) is 2.31. The number of benzene rings is 1. The van der Waals surface area contributed by atoms with Crippen molar-refractivity contribution in [3.63, 3.8) is 0 Å². The molecule has 1 aliphatic heterocycles. The highest BCUT2D eigenvalue weighted by Gasteiger charge is 2.28. The van der Waals surface area contributed by atoms with Crippen LogP contribution in [0, 0.1) is 28.6 Å². The van der Waals surface area contributed by atoms with E-state index in [1.807, 2.05) is 18.2 Å². The first-order chi connectivity index (χ1) is 8.33. The summed E-state index contributed by atoms with van der Waals surface area (Å²) in [6, 6.07) is 14.6. The topological polar surface area (TPSA) is 50.8 Å². The van der Waals surface area contributed by atoms with E-state index in [0.29, 0.717) is 6.42 Å². The molecule has 1 fully saturated rings. The van der Waals surface area contributed by atoms with Gasteiger partial charge < -0.3 is 0 Å². The summed E-state index contributed by atoms with van der Waals surface area (Å²) in [6.07, 6.45) is 1.56. The highest BCUT2D eigenvalue weighted by atomic mass is 15.2. The van der Waals surface area contributed by atoms with E-state index in [2.05, 4.69) is 29.2 Å². The number of hydrogen-bond donors (Lipinski definition) is 0. The van der Waals surface area contributed by atoms with E-state index < -0.39 is 0 Å². The number of nitriles is 2. The van der Waals surface area contributed by atoms with Gasteiger partial charge in [-0.25, -0.2) is 0 Å². The quantitative estimate of drug-likeness (QED) is 0.776. The molecule has 0 aliphatic carbocycles. The average Bonchev–Trinajstić information content (AvgIpc) is 2.40. The molecule has 17 heavy (non-hydrogen) atoms. The van der Waals surface area contributed by atoms with Gasteiger partial charge in [0.15, 0.2) is 0 Å². The van der Waals surface area contributed by atoms with Gasteiger partial charge in [-0.3, -0.25) is 4.90 Å². The van der Waals surface area contributed by atoms with Crippen molar-refractivity contribution in [1.29, 1.82) is 10.5 Å². The molecule has 2 rings (SSSR count). The van der Waals surface area contributed by atoms with Crippen molar-refractivity contribution >= 4 is 0 Å². The summed E-state index contributed by atoms with van der Waals surface area (Å²) >= 11 is 0. The van der Waals surface area contributed by atoms with Crippen molar-refractivity contribution in [2.45, 2.75) is 25.4 Å². The maximum Gasteiger partial charge on any atom is 0.0993 e. The van der Waals surface area contributed by atoms with Crippen LogP contribution in [0.1, 0.15) is 18.4 Å². The Kier molecular flexibility index (Phi) is 3.75. The zero-order valence-corrected chi connectivity index (χ0v) is 9.71. The van der Waals surface area contributed by atoms with Crippen LogP contribution in [0.15, 0.2) is 30.3 Å². The van der Waals surface area contributed by atoms with Crippen LogP contribution in [0.4, 0.5) is 0 Å². The van der Waals surface area contributed by atoms with Crippen molar-refractivity contribution < 1.29 is 0 Å². The Morgan fingerprint density at radius 3 is 2.59 bits per heavy atom. The minimum atomic E-state index is -0.117. The summed E-state index contributed by atoms with van der Waals surface area (Å²) in [5.41, 5.74) is 1.23. The van der Waals surface area contributed by atoms with E-state index in [-0.39, 0.29) is 12.0 Å². The fourth-order valence-electron chi connectivity index (χ4n) is 2.27. The summed E-state index contributed by atoms with van der Waals surface area (Å²) in [5.74, 6) is 0.0478. The van der Waals surface area contributed by atoms with Crippen molar-refractivity contribution in [1.82, 2.24) is 4.90 Å². The molecule has 1 aliphatic rings. The van der Waals surface area contributed by atoms with Gasteiger partial charge in [0, 0.05) is 13.1 Å². The van der Waals surface area contributed by atoms with E-state index in [1.165, 1.54) is 5.56 Å². The lowest BCUT2D eigenvalue weighted by atomic mass is 9.92. The van der Waals surface area contributed by atoms with Gasteiger partial charge in [0.25, 0.3) is 0 Å². The number of piperidine rings is 1. The van der Waals surface area contributed by atoms with Gasteiger partial charge in [0.2, 0.25) is 0 Å². The number of likely N-dealkylation sites (tertiary alicyclic amines) is 1. The highest BCUT2D eigenvalue weighted by molar-refractivity contribution is 5.15. The lowest BCUT2D eigenvalue weighted by Crippen LogP contribution is -2.40. The lowest BCUT2D eigenvalue weighted by molar-refractivity contribution is 0.155. The van der Waals surface area contributed by atoms with Crippen LogP contribution in [-0.4, -0.2) is 17.5 Å². The minimum Gasteiger partial charge on any atom is -0.284 e. The van der Waals surface area contributed by atoms with Crippen molar-refractivity contribution in [3.8, 4) is 12.1 Å². The Morgan fingerprint density at radius 2 is 1.94 bits per heavy atom. The predicted molar refractivity (Wildman–Crippen MR) is 64.6 cm³/mol. The van der Waals surface area contributed by atoms with Gasteiger partial charge in [-0.2, -0.15) is 10.5 Å². The van der Waals surface area contributed by atoms with Crippen LogP contribution < -0.4 is 0 Å². The molecule has 0 amide bonds. The Hall–Kier alpha value is -1.84. The maximum atomic E-state index is 9.15. The van der Waals surface area contributed by atoms with Gasteiger partial charge in [-0.15, -0.1) is 0 Å². The van der Waals surface area contributed by atoms with Crippen LogP contribution in [0.2, 0.25) is 0 Å². The van der Waals surface area contributed by atoms with E-state index in [9.17, 15) is 0 Å². The second-order valence-electron chi connectivity index (χ2n) is 4.45. The molecule has 0 N–H and O–H groups in total. The summed E-state index contributed by atoms with van der Waals surface area (Å²) < 4.78 is 0. The molecule has 0 bridgehead atoms. The maximum absolute atomic E-state index is 9.15. The first-order valence-electron chi connectivity index (χ1n) is 5.90. The third-order valence-electron chi connectivity index (χ3n) is 3.27.